The number of aromatic hydroxyl groups is 2. The van der Waals surface area contributed by atoms with E-state index in [4.69, 9.17) is 5.26 Å². The maximum Gasteiger partial charge on any atom is 0.341 e. The number of esters is 1. The normalized spacial score (nSPS) is 9.14. The second kappa shape index (κ2) is 3.66. The number of ether oxygens (including phenoxy) is 1. The van der Waals surface area contributed by atoms with Crippen LogP contribution in [0.5, 0.6) is 11.5 Å². The van der Waals surface area contributed by atoms with Crippen LogP contribution in [0.1, 0.15) is 15.9 Å². The molecule has 0 radical (unpaired) electrons. The van der Waals surface area contributed by atoms with Gasteiger partial charge in [0.25, 0.3) is 0 Å². The highest BCUT2D eigenvalue weighted by atomic mass is 16.5. The molecule has 0 amide bonds. The number of rotatable bonds is 1. The number of hydrogen-bond acceptors (Lipinski definition) is 5. The first-order valence-corrected chi connectivity index (χ1v) is 3.65. The maximum atomic E-state index is 11.0. The second-order valence-corrected chi connectivity index (χ2v) is 2.46. The molecular formula is C9H7NO4. The molecule has 72 valence electrons. The molecule has 0 aromatic heterocycles. The van der Waals surface area contributed by atoms with Crippen molar-refractivity contribution in [1.29, 1.82) is 5.26 Å². The van der Waals surface area contributed by atoms with E-state index < -0.39 is 17.5 Å². The van der Waals surface area contributed by atoms with Crippen LogP contribution in [0, 0.1) is 11.3 Å². The van der Waals surface area contributed by atoms with Gasteiger partial charge >= 0.3 is 5.97 Å². The van der Waals surface area contributed by atoms with Gasteiger partial charge in [-0.1, -0.05) is 0 Å². The highest BCUT2D eigenvalue weighted by molar-refractivity contribution is 5.93. The van der Waals surface area contributed by atoms with Gasteiger partial charge < -0.3 is 14.9 Å². The monoisotopic (exact) mass is 193 g/mol. The first kappa shape index (κ1) is 9.86. The summed E-state index contributed by atoms with van der Waals surface area (Å²) in [6, 6.07) is 4.09. The van der Waals surface area contributed by atoms with Gasteiger partial charge in [0.1, 0.15) is 11.6 Å². The molecule has 0 fully saturated rings. The van der Waals surface area contributed by atoms with E-state index in [1.165, 1.54) is 12.1 Å². The van der Waals surface area contributed by atoms with E-state index in [1.807, 2.05) is 0 Å². The van der Waals surface area contributed by atoms with E-state index in [1.54, 1.807) is 6.07 Å². The minimum atomic E-state index is -0.776. The molecule has 14 heavy (non-hydrogen) atoms. The number of nitriles is 1. The summed E-state index contributed by atoms with van der Waals surface area (Å²) in [5.74, 6) is -2.03. The highest BCUT2D eigenvalue weighted by Crippen LogP contribution is 2.32. The fourth-order valence-corrected chi connectivity index (χ4v) is 0.945. The van der Waals surface area contributed by atoms with Crippen LogP contribution in [-0.4, -0.2) is 23.3 Å². The number of phenolic OH excluding ortho intramolecular Hbond substituents is 2. The lowest BCUT2D eigenvalue weighted by Gasteiger charge is -2.04. The quantitative estimate of drug-likeness (QED) is 0.507. The molecule has 0 spiro atoms. The number of carbonyl (C=O) groups is 1. The van der Waals surface area contributed by atoms with Gasteiger partial charge in [0.05, 0.1) is 12.7 Å². The van der Waals surface area contributed by atoms with Gasteiger partial charge in [-0.15, -0.1) is 0 Å². The molecule has 0 aliphatic heterocycles. The number of benzene rings is 1. The van der Waals surface area contributed by atoms with Crippen molar-refractivity contribution in [3.63, 3.8) is 0 Å². The summed E-state index contributed by atoms with van der Waals surface area (Å²) in [6.07, 6.45) is 0. The number of methoxy groups -OCH3 is 1. The first-order valence-electron chi connectivity index (χ1n) is 3.65. The predicted molar refractivity (Wildman–Crippen MR) is 45.8 cm³/mol. The third-order valence-corrected chi connectivity index (χ3v) is 1.68. The Balaban J connectivity index is 3.33. The van der Waals surface area contributed by atoms with Crippen LogP contribution in [0.25, 0.3) is 0 Å². The van der Waals surface area contributed by atoms with Crippen LogP contribution in [0.2, 0.25) is 0 Å². The third-order valence-electron chi connectivity index (χ3n) is 1.68. The van der Waals surface area contributed by atoms with Gasteiger partial charge in [-0.05, 0) is 12.1 Å². The Labute approximate surface area is 79.8 Å². The molecule has 0 heterocycles. The SMILES string of the molecule is COC(=O)c1ccc(C#N)c(O)c1O. The van der Waals surface area contributed by atoms with E-state index in [0.717, 1.165) is 7.11 Å². The molecule has 1 aromatic carbocycles. The molecule has 0 bridgehead atoms. The summed E-state index contributed by atoms with van der Waals surface area (Å²) in [6.45, 7) is 0. The van der Waals surface area contributed by atoms with Crippen LogP contribution in [0.15, 0.2) is 12.1 Å². The molecule has 0 aliphatic rings. The average molecular weight is 193 g/mol. The van der Waals surface area contributed by atoms with Crippen molar-refractivity contribution in [3.8, 4) is 17.6 Å². The van der Waals surface area contributed by atoms with E-state index in [9.17, 15) is 15.0 Å². The Morgan fingerprint density at radius 2 is 2.07 bits per heavy atom. The number of hydrogen-bond donors (Lipinski definition) is 2. The van der Waals surface area contributed by atoms with Gasteiger partial charge in [-0.3, -0.25) is 0 Å². The zero-order valence-electron chi connectivity index (χ0n) is 7.31. The van der Waals surface area contributed by atoms with Crippen molar-refractivity contribution in [2.45, 2.75) is 0 Å². The van der Waals surface area contributed by atoms with Gasteiger partial charge in [0.15, 0.2) is 11.5 Å². The standard InChI is InChI=1S/C9H7NO4/c1-14-9(13)6-3-2-5(4-10)7(11)8(6)12/h2-3,11-12H,1H3. The molecule has 0 atom stereocenters. The summed E-state index contributed by atoms with van der Waals surface area (Å²) in [5, 5.41) is 27.0. The lowest BCUT2D eigenvalue weighted by molar-refractivity contribution is 0.0596. The smallest absolute Gasteiger partial charge is 0.341 e. The van der Waals surface area contributed by atoms with Gasteiger partial charge in [0, 0.05) is 0 Å². The van der Waals surface area contributed by atoms with E-state index >= 15 is 0 Å². The largest absolute Gasteiger partial charge is 0.504 e. The molecule has 1 rings (SSSR count). The number of carbonyl (C=O) groups excluding carboxylic acids is 1. The predicted octanol–water partition coefficient (Wildman–Crippen LogP) is 0.756. The summed E-state index contributed by atoms with van der Waals surface area (Å²) < 4.78 is 4.35. The second-order valence-electron chi connectivity index (χ2n) is 2.46. The third kappa shape index (κ3) is 1.45. The minimum Gasteiger partial charge on any atom is -0.504 e. The number of phenols is 2. The van der Waals surface area contributed by atoms with E-state index in [0.29, 0.717) is 0 Å². The molecule has 0 unspecified atom stereocenters. The molecule has 0 saturated heterocycles. The van der Waals surface area contributed by atoms with Gasteiger partial charge in [-0.25, -0.2) is 4.79 Å². The fourth-order valence-electron chi connectivity index (χ4n) is 0.945. The van der Waals surface area contributed by atoms with Crippen LogP contribution in [0.4, 0.5) is 0 Å². The summed E-state index contributed by atoms with van der Waals surface area (Å²) >= 11 is 0. The van der Waals surface area contributed by atoms with Crippen molar-refractivity contribution < 1.29 is 19.7 Å². The Hall–Kier alpha value is -2.22. The van der Waals surface area contributed by atoms with Gasteiger partial charge in [0.2, 0.25) is 0 Å². The Morgan fingerprint density at radius 3 is 2.57 bits per heavy atom. The molecule has 1 aromatic rings. The lowest BCUT2D eigenvalue weighted by atomic mass is 10.1. The molecule has 5 nitrogen and oxygen atoms in total. The Morgan fingerprint density at radius 1 is 1.43 bits per heavy atom. The van der Waals surface area contributed by atoms with Crippen LogP contribution < -0.4 is 0 Å². The van der Waals surface area contributed by atoms with Crippen molar-refractivity contribution in [1.82, 2.24) is 0 Å². The zero-order chi connectivity index (χ0) is 10.7. The van der Waals surface area contributed by atoms with Gasteiger partial charge in [-0.2, -0.15) is 5.26 Å². The number of nitrogens with zero attached hydrogens (tertiary/aromatic N) is 1. The Kier molecular flexibility index (Phi) is 2.58. The summed E-state index contributed by atoms with van der Waals surface area (Å²) in [5.41, 5.74) is -0.279. The molecular weight excluding hydrogens is 186 g/mol. The van der Waals surface area contributed by atoms with Crippen LogP contribution in [-0.2, 0) is 4.74 Å². The lowest BCUT2D eigenvalue weighted by Crippen LogP contribution is -2.01. The topological polar surface area (TPSA) is 90.6 Å². The van der Waals surface area contributed by atoms with E-state index in [-0.39, 0.29) is 11.1 Å². The first-order chi connectivity index (χ1) is 6.61. The van der Waals surface area contributed by atoms with Crippen molar-refractivity contribution in [2.75, 3.05) is 7.11 Å². The van der Waals surface area contributed by atoms with Crippen LogP contribution in [0.3, 0.4) is 0 Å². The van der Waals surface area contributed by atoms with E-state index in [2.05, 4.69) is 4.74 Å². The van der Waals surface area contributed by atoms with Crippen molar-refractivity contribution >= 4 is 5.97 Å². The summed E-state index contributed by atoms with van der Waals surface area (Å²) in [4.78, 5) is 11.0. The molecule has 5 heteroatoms. The average Bonchev–Trinajstić information content (AvgIpc) is 2.21. The molecule has 0 saturated carbocycles. The minimum absolute atomic E-state index is 0.102. The molecule has 0 aliphatic carbocycles. The summed E-state index contributed by atoms with van der Waals surface area (Å²) in [7, 11) is 1.15. The van der Waals surface area contributed by atoms with Crippen molar-refractivity contribution in [2.24, 2.45) is 0 Å². The Bertz CT molecular complexity index is 420. The van der Waals surface area contributed by atoms with Crippen LogP contribution >= 0.6 is 0 Å². The van der Waals surface area contributed by atoms with Crippen molar-refractivity contribution in [3.05, 3.63) is 23.3 Å². The highest BCUT2D eigenvalue weighted by Gasteiger charge is 2.17. The maximum absolute atomic E-state index is 11.0. The molecule has 2 N–H and O–H groups in total. The zero-order valence-corrected chi connectivity index (χ0v) is 7.31. The fraction of sp³-hybridized carbons (Fsp3) is 0.111.